The van der Waals surface area contributed by atoms with Gasteiger partial charge in [0.05, 0.1) is 6.54 Å². The van der Waals surface area contributed by atoms with Crippen molar-refractivity contribution in [3.05, 3.63) is 35.6 Å². The van der Waals surface area contributed by atoms with Crippen molar-refractivity contribution in [1.82, 2.24) is 20.4 Å². The summed E-state index contributed by atoms with van der Waals surface area (Å²) >= 11 is 0. The molecule has 1 atom stereocenters. The number of unbranched alkanes of at least 4 members (excludes halogenated alkanes) is 1. The van der Waals surface area contributed by atoms with Gasteiger partial charge >= 0.3 is 6.03 Å². The SMILES string of the molecule is CCCC[C@]1(c2ccc(F)cc2)NC(=O)N(CC(=O)N(C)CC(=O)NC2CC2)C1=O. The normalized spacial score (nSPS) is 20.8. The van der Waals surface area contributed by atoms with Gasteiger partial charge in [-0.2, -0.15) is 0 Å². The molecule has 2 N–H and O–H groups in total. The smallest absolute Gasteiger partial charge is 0.325 e. The van der Waals surface area contributed by atoms with Crippen LogP contribution in [0.2, 0.25) is 0 Å². The van der Waals surface area contributed by atoms with E-state index in [2.05, 4.69) is 10.6 Å². The maximum Gasteiger partial charge on any atom is 0.325 e. The summed E-state index contributed by atoms with van der Waals surface area (Å²) in [6.07, 6.45) is 3.67. The van der Waals surface area contributed by atoms with Crippen LogP contribution in [0.15, 0.2) is 24.3 Å². The van der Waals surface area contributed by atoms with E-state index in [4.69, 9.17) is 0 Å². The van der Waals surface area contributed by atoms with E-state index in [1.54, 1.807) is 0 Å². The van der Waals surface area contributed by atoms with Gasteiger partial charge in [-0.05, 0) is 37.0 Å². The molecular formula is C21H27FN4O4. The summed E-state index contributed by atoms with van der Waals surface area (Å²) < 4.78 is 13.4. The minimum atomic E-state index is -1.33. The lowest BCUT2D eigenvalue weighted by atomic mass is 9.85. The molecule has 1 aliphatic carbocycles. The summed E-state index contributed by atoms with van der Waals surface area (Å²) in [5.41, 5.74) is -0.856. The quantitative estimate of drug-likeness (QED) is 0.594. The van der Waals surface area contributed by atoms with Gasteiger partial charge in [-0.1, -0.05) is 31.9 Å². The fraction of sp³-hybridized carbons (Fsp3) is 0.524. The minimum Gasteiger partial charge on any atom is -0.352 e. The molecule has 1 aromatic rings. The number of hydrogen-bond acceptors (Lipinski definition) is 4. The fourth-order valence-corrected chi connectivity index (χ4v) is 3.52. The highest BCUT2D eigenvalue weighted by Crippen LogP contribution is 2.34. The van der Waals surface area contributed by atoms with Gasteiger partial charge < -0.3 is 15.5 Å². The number of hydrogen-bond donors (Lipinski definition) is 2. The van der Waals surface area contributed by atoms with Crippen molar-refractivity contribution in [2.24, 2.45) is 0 Å². The van der Waals surface area contributed by atoms with E-state index in [9.17, 15) is 23.6 Å². The Hall–Kier alpha value is -2.97. The van der Waals surface area contributed by atoms with Crippen LogP contribution in [0.3, 0.4) is 0 Å². The molecule has 1 heterocycles. The number of carbonyl (C=O) groups is 4. The topological polar surface area (TPSA) is 98.8 Å². The minimum absolute atomic E-state index is 0.141. The van der Waals surface area contributed by atoms with Gasteiger partial charge in [-0.15, -0.1) is 0 Å². The number of imide groups is 1. The standard InChI is InChI=1S/C21H27FN4O4/c1-3-4-11-21(14-5-7-15(22)8-6-14)19(29)26(20(30)24-21)13-18(28)25(2)12-17(27)23-16-9-10-16/h5-8,16H,3-4,9-13H2,1-2H3,(H,23,27)(H,24,30)/t21-/m1/s1. The zero-order chi connectivity index (χ0) is 21.9. The van der Waals surface area contributed by atoms with Crippen LogP contribution in [-0.4, -0.2) is 59.7 Å². The van der Waals surface area contributed by atoms with Gasteiger partial charge in [0, 0.05) is 13.1 Å². The second-order valence-corrected chi connectivity index (χ2v) is 7.93. The molecule has 0 bridgehead atoms. The molecule has 1 aromatic carbocycles. The van der Waals surface area contributed by atoms with Crippen molar-refractivity contribution in [1.29, 1.82) is 0 Å². The Morgan fingerprint density at radius 2 is 1.93 bits per heavy atom. The molecule has 30 heavy (non-hydrogen) atoms. The van der Waals surface area contributed by atoms with Crippen LogP contribution in [0.4, 0.5) is 9.18 Å². The average Bonchev–Trinajstić information content (AvgIpc) is 3.48. The lowest BCUT2D eigenvalue weighted by Crippen LogP contribution is -2.46. The van der Waals surface area contributed by atoms with E-state index in [-0.39, 0.29) is 18.5 Å². The number of amides is 5. The highest BCUT2D eigenvalue weighted by Gasteiger charge is 2.52. The predicted octanol–water partition coefficient (Wildman–Crippen LogP) is 1.50. The summed E-state index contributed by atoms with van der Waals surface area (Å²) in [6.45, 7) is 1.35. The first kappa shape index (κ1) is 21.7. The van der Waals surface area contributed by atoms with Crippen LogP contribution in [0, 0.1) is 5.82 Å². The third-order valence-electron chi connectivity index (χ3n) is 5.46. The maximum absolute atomic E-state index is 13.4. The molecule has 8 nitrogen and oxygen atoms in total. The lowest BCUT2D eigenvalue weighted by molar-refractivity contribution is -0.140. The van der Waals surface area contributed by atoms with Crippen molar-refractivity contribution in [3.63, 3.8) is 0 Å². The van der Waals surface area contributed by atoms with Gasteiger partial charge in [0.25, 0.3) is 5.91 Å². The largest absolute Gasteiger partial charge is 0.352 e. The summed E-state index contributed by atoms with van der Waals surface area (Å²) in [5.74, 6) is -1.78. The number of likely N-dealkylation sites (N-methyl/N-ethyl adjacent to an activating group) is 1. The van der Waals surface area contributed by atoms with Crippen LogP contribution in [0.25, 0.3) is 0 Å². The molecule has 1 aliphatic heterocycles. The number of benzene rings is 1. The lowest BCUT2D eigenvalue weighted by Gasteiger charge is -2.27. The Kier molecular flexibility index (Phi) is 6.38. The van der Waals surface area contributed by atoms with Crippen LogP contribution in [0.1, 0.15) is 44.6 Å². The van der Waals surface area contributed by atoms with Crippen molar-refractivity contribution < 1.29 is 23.6 Å². The summed E-state index contributed by atoms with van der Waals surface area (Å²) in [4.78, 5) is 52.4. The number of nitrogens with one attached hydrogen (secondary N) is 2. The van der Waals surface area contributed by atoms with Crippen LogP contribution in [0.5, 0.6) is 0 Å². The van der Waals surface area contributed by atoms with Gasteiger partial charge in [0.1, 0.15) is 17.9 Å². The van der Waals surface area contributed by atoms with Crippen LogP contribution < -0.4 is 10.6 Å². The Morgan fingerprint density at radius 1 is 1.27 bits per heavy atom. The molecule has 5 amide bonds. The van der Waals surface area contributed by atoms with Crippen LogP contribution in [-0.2, 0) is 19.9 Å². The van der Waals surface area contributed by atoms with Crippen LogP contribution >= 0.6 is 0 Å². The van der Waals surface area contributed by atoms with Gasteiger partial charge in [0.15, 0.2) is 0 Å². The molecule has 2 aliphatic rings. The zero-order valence-corrected chi connectivity index (χ0v) is 17.2. The number of carbonyl (C=O) groups excluding carboxylic acids is 4. The highest BCUT2D eigenvalue weighted by atomic mass is 19.1. The molecule has 9 heteroatoms. The third-order valence-corrected chi connectivity index (χ3v) is 5.46. The summed E-state index contributed by atoms with van der Waals surface area (Å²) in [5, 5.41) is 5.51. The van der Waals surface area contributed by atoms with E-state index >= 15 is 0 Å². The summed E-state index contributed by atoms with van der Waals surface area (Å²) in [6, 6.07) is 4.93. The molecule has 2 fully saturated rings. The van der Waals surface area contributed by atoms with Crippen molar-refractivity contribution in [2.75, 3.05) is 20.1 Å². The molecule has 1 saturated heterocycles. The molecule has 0 radical (unpaired) electrons. The second kappa shape index (κ2) is 8.81. The number of nitrogens with zero attached hydrogens (tertiary/aromatic N) is 2. The summed E-state index contributed by atoms with van der Waals surface area (Å²) in [7, 11) is 1.46. The molecular weight excluding hydrogens is 391 g/mol. The Morgan fingerprint density at radius 3 is 2.53 bits per heavy atom. The van der Waals surface area contributed by atoms with Gasteiger partial charge in [-0.3, -0.25) is 19.3 Å². The molecule has 0 spiro atoms. The number of halogens is 1. The molecule has 0 aromatic heterocycles. The first-order chi connectivity index (χ1) is 14.3. The van der Waals surface area contributed by atoms with Crippen molar-refractivity contribution in [2.45, 2.75) is 50.6 Å². The first-order valence-corrected chi connectivity index (χ1v) is 10.2. The van der Waals surface area contributed by atoms with Gasteiger partial charge in [-0.25, -0.2) is 9.18 Å². The van der Waals surface area contributed by atoms with Crippen molar-refractivity contribution in [3.8, 4) is 0 Å². The average molecular weight is 418 g/mol. The Balaban J connectivity index is 1.72. The monoisotopic (exact) mass is 418 g/mol. The first-order valence-electron chi connectivity index (χ1n) is 10.2. The maximum atomic E-state index is 13.4. The van der Waals surface area contributed by atoms with E-state index < -0.39 is 35.7 Å². The van der Waals surface area contributed by atoms with E-state index in [0.717, 1.165) is 24.2 Å². The fourth-order valence-electron chi connectivity index (χ4n) is 3.52. The molecule has 1 saturated carbocycles. The molecule has 3 rings (SSSR count). The number of rotatable bonds is 9. The molecule has 0 unspecified atom stereocenters. The second-order valence-electron chi connectivity index (χ2n) is 7.93. The zero-order valence-electron chi connectivity index (χ0n) is 17.2. The van der Waals surface area contributed by atoms with Crippen molar-refractivity contribution >= 4 is 23.8 Å². The van der Waals surface area contributed by atoms with Gasteiger partial charge in [0.2, 0.25) is 11.8 Å². The van der Waals surface area contributed by atoms with E-state index in [0.29, 0.717) is 18.4 Å². The van der Waals surface area contributed by atoms with E-state index in [1.165, 1.54) is 36.2 Å². The number of urea groups is 1. The molecule has 162 valence electrons. The third kappa shape index (κ3) is 4.60. The van der Waals surface area contributed by atoms with E-state index in [1.807, 2.05) is 6.92 Å². The predicted molar refractivity (Wildman–Crippen MR) is 107 cm³/mol. The Bertz CT molecular complexity index is 840. The highest BCUT2D eigenvalue weighted by molar-refractivity contribution is 6.09. The Labute approximate surface area is 174 Å².